The largest absolute Gasteiger partial charge is 0.368 e. The van der Waals surface area contributed by atoms with Crippen LogP contribution in [0.4, 0.5) is 0 Å². The average Bonchev–Trinajstić information content (AvgIpc) is 2.22. The van der Waals surface area contributed by atoms with Crippen molar-refractivity contribution >= 4 is 17.8 Å². The molecule has 0 aromatic heterocycles. The summed E-state index contributed by atoms with van der Waals surface area (Å²) in [7, 11) is 0. The fourth-order valence-corrected chi connectivity index (χ4v) is 1.39. The lowest BCUT2D eigenvalue weighted by molar-refractivity contribution is -0.243. The van der Waals surface area contributed by atoms with Gasteiger partial charge in [-0.2, -0.15) is 5.26 Å². The van der Waals surface area contributed by atoms with Crippen LogP contribution in [0, 0.1) is 5.41 Å². The Morgan fingerprint density at radius 3 is 2.00 bits per heavy atom. The summed E-state index contributed by atoms with van der Waals surface area (Å²) in [5, 5.41) is 8.26. The van der Waals surface area contributed by atoms with Crippen molar-refractivity contribution in [2.24, 2.45) is 16.9 Å². The molecule has 0 bridgehead atoms. The van der Waals surface area contributed by atoms with Crippen molar-refractivity contribution in [3.8, 4) is 0 Å². The van der Waals surface area contributed by atoms with E-state index in [0.717, 1.165) is 6.42 Å². The number of carbonyl (C=O) groups is 3. The Balaban J connectivity index is 5.03. The number of primary amides is 2. The van der Waals surface area contributed by atoms with E-state index in [0.29, 0.717) is 12.8 Å². The molecule has 0 aliphatic rings. The van der Waals surface area contributed by atoms with Gasteiger partial charge in [-0.25, -0.2) is 4.79 Å². The standard InChI is InChI=1S/C9H16N2O5/c1-2-3-4-5-9(6(10)12,7(11)13)8(14)16-15/h15H,2-5H2,1H3,(H2,10,12)(H2,11,13). The first-order valence-corrected chi connectivity index (χ1v) is 4.89. The summed E-state index contributed by atoms with van der Waals surface area (Å²) in [5.41, 5.74) is 7.69. The van der Waals surface area contributed by atoms with Gasteiger partial charge in [-0.1, -0.05) is 26.2 Å². The molecule has 16 heavy (non-hydrogen) atoms. The second-order valence-electron chi connectivity index (χ2n) is 3.47. The SMILES string of the molecule is CCCCCC(C(N)=O)(C(N)=O)C(=O)OO. The van der Waals surface area contributed by atoms with Gasteiger partial charge >= 0.3 is 5.97 Å². The van der Waals surface area contributed by atoms with Crippen molar-refractivity contribution in [1.29, 1.82) is 0 Å². The van der Waals surface area contributed by atoms with Crippen LogP contribution in [0.5, 0.6) is 0 Å². The molecule has 0 saturated carbocycles. The monoisotopic (exact) mass is 232 g/mol. The minimum atomic E-state index is -2.27. The third kappa shape index (κ3) is 2.69. The maximum Gasteiger partial charge on any atom is 0.367 e. The molecule has 7 heteroatoms. The molecule has 0 aromatic carbocycles. The molecule has 0 radical (unpaired) electrons. The van der Waals surface area contributed by atoms with Crippen LogP contribution in [0.3, 0.4) is 0 Å². The number of carbonyl (C=O) groups excluding carboxylic acids is 3. The summed E-state index contributed by atoms with van der Waals surface area (Å²) in [5.74, 6) is -3.85. The van der Waals surface area contributed by atoms with Crippen LogP contribution in [0.25, 0.3) is 0 Å². The van der Waals surface area contributed by atoms with E-state index < -0.39 is 23.2 Å². The Kier molecular flexibility index (Phi) is 5.44. The quantitative estimate of drug-likeness (QED) is 0.236. The third-order valence-corrected chi connectivity index (χ3v) is 2.43. The van der Waals surface area contributed by atoms with E-state index in [1.54, 1.807) is 0 Å². The van der Waals surface area contributed by atoms with Gasteiger partial charge in [0.25, 0.3) is 0 Å². The van der Waals surface area contributed by atoms with Crippen molar-refractivity contribution in [2.45, 2.75) is 32.6 Å². The fourth-order valence-electron chi connectivity index (χ4n) is 1.39. The molecule has 0 fully saturated rings. The normalized spacial score (nSPS) is 10.9. The van der Waals surface area contributed by atoms with Crippen LogP contribution >= 0.6 is 0 Å². The number of unbranched alkanes of at least 4 members (excludes halogenated alkanes) is 2. The zero-order valence-electron chi connectivity index (χ0n) is 9.06. The molecule has 0 atom stereocenters. The first kappa shape index (κ1) is 14.4. The lowest BCUT2D eigenvalue weighted by Crippen LogP contribution is -2.53. The van der Waals surface area contributed by atoms with Crippen LogP contribution in [0.2, 0.25) is 0 Å². The Hall–Kier alpha value is -1.63. The van der Waals surface area contributed by atoms with E-state index in [4.69, 9.17) is 16.7 Å². The summed E-state index contributed by atoms with van der Waals surface area (Å²) in [6.45, 7) is 1.90. The maximum atomic E-state index is 11.2. The van der Waals surface area contributed by atoms with Gasteiger partial charge in [-0.15, -0.1) is 0 Å². The molecule has 0 rings (SSSR count). The lowest BCUT2D eigenvalue weighted by atomic mass is 9.81. The molecule has 2 amide bonds. The highest BCUT2D eigenvalue weighted by molar-refractivity contribution is 6.20. The molecule has 0 saturated heterocycles. The van der Waals surface area contributed by atoms with Gasteiger partial charge in [0, 0.05) is 0 Å². The minimum Gasteiger partial charge on any atom is -0.368 e. The first-order chi connectivity index (χ1) is 7.43. The van der Waals surface area contributed by atoms with Crippen LogP contribution in [-0.4, -0.2) is 23.0 Å². The van der Waals surface area contributed by atoms with Crippen molar-refractivity contribution in [3.05, 3.63) is 0 Å². The molecule has 0 aromatic rings. The lowest BCUT2D eigenvalue weighted by Gasteiger charge is -2.22. The highest BCUT2D eigenvalue weighted by Gasteiger charge is 2.52. The van der Waals surface area contributed by atoms with Gasteiger partial charge in [-0.05, 0) is 6.42 Å². The molecular formula is C9H16N2O5. The second-order valence-corrected chi connectivity index (χ2v) is 3.47. The molecular weight excluding hydrogens is 216 g/mol. The van der Waals surface area contributed by atoms with E-state index in [2.05, 4.69) is 4.89 Å². The smallest absolute Gasteiger partial charge is 0.367 e. The molecule has 0 aliphatic heterocycles. The van der Waals surface area contributed by atoms with Gasteiger partial charge in [0.05, 0.1) is 0 Å². The van der Waals surface area contributed by atoms with Crippen LogP contribution in [0.1, 0.15) is 32.6 Å². The summed E-state index contributed by atoms with van der Waals surface area (Å²) >= 11 is 0. The van der Waals surface area contributed by atoms with E-state index in [1.807, 2.05) is 6.92 Å². The van der Waals surface area contributed by atoms with Crippen LogP contribution in [-0.2, 0) is 19.3 Å². The number of amides is 2. The Bertz CT molecular complexity index is 276. The zero-order chi connectivity index (χ0) is 12.8. The molecule has 0 heterocycles. The Labute approximate surface area is 92.7 Å². The van der Waals surface area contributed by atoms with Gasteiger partial charge in [0.15, 0.2) is 0 Å². The molecule has 0 aliphatic carbocycles. The molecule has 0 unspecified atom stereocenters. The first-order valence-electron chi connectivity index (χ1n) is 4.89. The number of hydrogen-bond acceptors (Lipinski definition) is 5. The van der Waals surface area contributed by atoms with E-state index in [9.17, 15) is 14.4 Å². The van der Waals surface area contributed by atoms with Gasteiger partial charge < -0.3 is 11.5 Å². The number of hydrogen-bond donors (Lipinski definition) is 3. The Morgan fingerprint density at radius 2 is 1.69 bits per heavy atom. The van der Waals surface area contributed by atoms with Crippen LogP contribution in [0.15, 0.2) is 0 Å². The molecule has 0 spiro atoms. The summed E-state index contributed by atoms with van der Waals surface area (Å²) in [6.07, 6.45) is 1.76. The zero-order valence-corrected chi connectivity index (χ0v) is 9.06. The molecule has 92 valence electrons. The van der Waals surface area contributed by atoms with E-state index in [1.165, 1.54) is 0 Å². The minimum absolute atomic E-state index is 0.162. The van der Waals surface area contributed by atoms with Gasteiger partial charge in [-0.3, -0.25) is 14.5 Å². The summed E-state index contributed by atoms with van der Waals surface area (Å²) in [6, 6.07) is 0. The highest BCUT2D eigenvalue weighted by atomic mass is 17.1. The highest BCUT2D eigenvalue weighted by Crippen LogP contribution is 2.26. The van der Waals surface area contributed by atoms with Crippen molar-refractivity contribution in [3.63, 3.8) is 0 Å². The maximum absolute atomic E-state index is 11.2. The predicted molar refractivity (Wildman–Crippen MR) is 53.7 cm³/mol. The molecule has 5 N–H and O–H groups in total. The van der Waals surface area contributed by atoms with Gasteiger partial charge in [0.1, 0.15) is 0 Å². The van der Waals surface area contributed by atoms with E-state index >= 15 is 0 Å². The van der Waals surface area contributed by atoms with Crippen LogP contribution < -0.4 is 11.5 Å². The third-order valence-electron chi connectivity index (χ3n) is 2.43. The predicted octanol–water partition coefficient (Wildman–Crippen LogP) is -0.460. The number of nitrogens with two attached hydrogens (primary N) is 2. The Morgan fingerprint density at radius 1 is 1.19 bits per heavy atom. The van der Waals surface area contributed by atoms with Crippen molar-refractivity contribution in [1.82, 2.24) is 0 Å². The fraction of sp³-hybridized carbons (Fsp3) is 0.667. The topological polar surface area (TPSA) is 133 Å². The number of rotatable bonds is 7. The summed E-state index contributed by atoms with van der Waals surface area (Å²) < 4.78 is 0. The van der Waals surface area contributed by atoms with E-state index in [-0.39, 0.29) is 6.42 Å². The second kappa shape index (κ2) is 6.06. The van der Waals surface area contributed by atoms with Crippen molar-refractivity contribution in [2.75, 3.05) is 0 Å². The van der Waals surface area contributed by atoms with Crippen molar-refractivity contribution < 1.29 is 24.5 Å². The average molecular weight is 232 g/mol. The van der Waals surface area contributed by atoms with Gasteiger partial charge in [0.2, 0.25) is 17.2 Å². The summed E-state index contributed by atoms with van der Waals surface area (Å²) in [4.78, 5) is 37.0. The molecule has 7 nitrogen and oxygen atoms in total.